The molecular weight excluding hydrogens is 398 g/mol. The van der Waals surface area contributed by atoms with Gasteiger partial charge in [-0.3, -0.25) is 9.52 Å². The van der Waals surface area contributed by atoms with Crippen LogP contribution in [0.1, 0.15) is 23.7 Å². The Morgan fingerprint density at radius 2 is 2.23 bits per heavy atom. The number of nitrogens with one attached hydrogen (secondary N) is 1. The van der Waals surface area contributed by atoms with Crippen molar-refractivity contribution in [2.24, 2.45) is 5.73 Å². The lowest BCUT2D eigenvalue weighted by atomic mass is 10.1. The molecule has 1 heterocycles. The predicted octanol–water partition coefficient (Wildman–Crippen LogP) is 2.77. The number of anilines is 1. The quantitative estimate of drug-likeness (QED) is 0.641. The van der Waals surface area contributed by atoms with Crippen molar-refractivity contribution in [3.63, 3.8) is 0 Å². The molecule has 0 bridgehead atoms. The second-order valence-electron chi connectivity index (χ2n) is 5.22. The number of nitrogens with zero attached hydrogens (tertiary/aromatic N) is 1. The molecule has 2 rings (SSSR count). The lowest BCUT2D eigenvalue weighted by Crippen LogP contribution is -2.15. The predicted molar refractivity (Wildman–Crippen MR) is 103 cm³/mol. The lowest BCUT2D eigenvalue weighted by molar-refractivity contribution is -0.142. The summed E-state index contributed by atoms with van der Waals surface area (Å²) in [4.78, 5) is 14.8. The van der Waals surface area contributed by atoms with E-state index in [2.05, 4.69) is 9.71 Å². The second kappa shape index (κ2) is 9.13. The highest BCUT2D eigenvalue weighted by Gasteiger charge is 2.12. The van der Waals surface area contributed by atoms with Gasteiger partial charge in [-0.05, 0) is 17.2 Å². The van der Waals surface area contributed by atoms with E-state index in [4.69, 9.17) is 22.1 Å². The Balaban J connectivity index is 1.99. The number of benzene rings is 1. The molecule has 26 heavy (non-hydrogen) atoms. The molecule has 0 spiro atoms. The molecule has 0 atom stereocenters. The van der Waals surface area contributed by atoms with Crippen LogP contribution in [0.25, 0.3) is 6.08 Å². The Morgan fingerprint density at radius 1 is 1.46 bits per heavy atom. The molecule has 3 N–H and O–H groups in total. The van der Waals surface area contributed by atoms with Crippen molar-refractivity contribution in [1.29, 1.82) is 0 Å². The number of carbonyl (C=O) groups excluding carboxylic acids is 1. The zero-order chi connectivity index (χ0) is 19.2. The first-order valence-corrected chi connectivity index (χ1v) is 10.4. The topological polar surface area (TPSA) is 111 Å². The maximum atomic E-state index is 12.2. The molecule has 0 saturated carbocycles. The van der Waals surface area contributed by atoms with E-state index >= 15 is 0 Å². The fourth-order valence-corrected chi connectivity index (χ4v) is 4.13. The largest absolute Gasteiger partial charge is 0.459 e. The van der Waals surface area contributed by atoms with E-state index in [1.165, 1.54) is 13.0 Å². The summed E-state index contributed by atoms with van der Waals surface area (Å²) in [7, 11) is -3.61. The van der Waals surface area contributed by atoms with Gasteiger partial charge in [-0.1, -0.05) is 35.9 Å². The van der Waals surface area contributed by atoms with E-state index in [0.29, 0.717) is 10.7 Å². The van der Waals surface area contributed by atoms with Crippen molar-refractivity contribution >= 4 is 50.1 Å². The molecule has 1 aromatic heterocycles. The molecule has 0 aliphatic rings. The summed E-state index contributed by atoms with van der Waals surface area (Å²) < 4.78 is 31.5. The van der Waals surface area contributed by atoms with Crippen LogP contribution in [0.2, 0.25) is 5.02 Å². The first-order chi connectivity index (χ1) is 12.3. The highest BCUT2D eigenvalue weighted by Crippen LogP contribution is 2.21. The van der Waals surface area contributed by atoms with Crippen LogP contribution < -0.4 is 10.5 Å². The van der Waals surface area contributed by atoms with Crippen LogP contribution in [0.15, 0.2) is 29.7 Å². The Labute approximate surface area is 160 Å². The van der Waals surface area contributed by atoms with Gasteiger partial charge in [0.2, 0.25) is 10.0 Å². The van der Waals surface area contributed by atoms with Gasteiger partial charge in [0.25, 0.3) is 0 Å². The third kappa shape index (κ3) is 6.10. The number of carbonyl (C=O) groups is 1. The average molecular weight is 416 g/mol. The number of aromatic nitrogens is 1. The lowest BCUT2D eigenvalue weighted by Gasteiger charge is -2.06. The molecule has 0 saturated heterocycles. The van der Waals surface area contributed by atoms with E-state index in [0.717, 1.165) is 22.5 Å². The minimum absolute atomic E-state index is 0.00406. The highest BCUT2D eigenvalue weighted by atomic mass is 35.5. The molecule has 0 aliphatic carbocycles. The van der Waals surface area contributed by atoms with Crippen LogP contribution in [-0.4, -0.2) is 25.1 Å². The van der Waals surface area contributed by atoms with E-state index < -0.39 is 16.0 Å². The number of hydrogen-bond acceptors (Lipinski definition) is 7. The van der Waals surface area contributed by atoms with E-state index in [1.54, 1.807) is 23.6 Å². The van der Waals surface area contributed by atoms with Gasteiger partial charge in [0, 0.05) is 23.9 Å². The summed E-state index contributed by atoms with van der Waals surface area (Å²) in [6.45, 7) is 1.55. The molecule has 0 radical (unpaired) electrons. The molecule has 1 aromatic carbocycles. The molecule has 140 valence electrons. The highest BCUT2D eigenvalue weighted by molar-refractivity contribution is 7.93. The maximum Gasteiger partial charge on any atom is 0.303 e. The fraction of sp³-hybridized carbons (Fsp3) is 0.250. The average Bonchev–Trinajstić information content (AvgIpc) is 2.99. The smallest absolute Gasteiger partial charge is 0.303 e. The van der Waals surface area contributed by atoms with Gasteiger partial charge in [-0.25, -0.2) is 13.4 Å². The number of nitrogens with two attached hydrogens (primary N) is 1. The number of esters is 1. The SMILES string of the molecule is CC(=O)OCc1csc(NS(=O)(=O)CC=Cc2cccc(Cl)c2CN)n1. The zero-order valence-corrected chi connectivity index (χ0v) is 16.3. The molecule has 10 heteroatoms. The Bertz CT molecular complexity index is 910. The minimum atomic E-state index is -3.61. The Morgan fingerprint density at radius 3 is 2.92 bits per heavy atom. The number of ether oxygens (including phenoxy) is 1. The standard InChI is InChI=1S/C16H18ClN3O4S2/c1-11(21)24-9-13-10-25-16(19-13)20-26(22,23)7-3-5-12-4-2-6-15(17)14(12)8-18/h2-6,10H,7-9,18H2,1H3,(H,19,20). The van der Waals surface area contributed by atoms with Gasteiger partial charge in [0.15, 0.2) is 5.13 Å². The molecule has 7 nitrogen and oxygen atoms in total. The van der Waals surface area contributed by atoms with Gasteiger partial charge in [-0.2, -0.15) is 0 Å². The molecule has 0 aliphatic heterocycles. The molecule has 0 unspecified atom stereocenters. The number of rotatable bonds is 8. The van der Waals surface area contributed by atoms with Crippen molar-refractivity contribution in [1.82, 2.24) is 4.98 Å². The summed E-state index contributed by atoms with van der Waals surface area (Å²) >= 11 is 7.19. The minimum Gasteiger partial charge on any atom is -0.459 e. The van der Waals surface area contributed by atoms with Crippen LogP contribution in [0, 0.1) is 0 Å². The molecular formula is C16H18ClN3O4S2. The summed E-state index contributed by atoms with van der Waals surface area (Å²) in [5, 5.41) is 2.38. The normalized spacial score (nSPS) is 11.7. The van der Waals surface area contributed by atoms with Crippen molar-refractivity contribution in [2.45, 2.75) is 20.1 Å². The second-order valence-corrected chi connectivity index (χ2v) is 8.25. The van der Waals surface area contributed by atoms with Crippen LogP contribution in [-0.2, 0) is 32.7 Å². The van der Waals surface area contributed by atoms with Crippen molar-refractivity contribution in [2.75, 3.05) is 10.5 Å². The van der Waals surface area contributed by atoms with Crippen LogP contribution in [0.4, 0.5) is 5.13 Å². The van der Waals surface area contributed by atoms with E-state index in [1.807, 2.05) is 6.07 Å². The van der Waals surface area contributed by atoms with Crippen molar-refractivity contribution in [3.05, 3.63) is 51.5 Å². The summed E-state index contributed by atoms with van der Waals surface area (Å²) in [6.07, 6.45) is 3.18. The number of halogens is 1. The Kier molecular flexibility index (Phi) is 7.15. The number of sulfonamides is 1. The summed E-state index contributed by atoms with van der Waals surface area (Å²) in [5.74, 6) is -0.661. The molecule has 2 aromatic rings. The first kappa shape index (κ1) is 20.4. The monoisotopic (exact) mass is 415 g/mol. The van der Waals surface area contributed by atoms with Crippen molar-refractivity contribution in [3.8, 4) is 0 Å². The van der Waals surface area contributed by atoms with Crippen LogP contribution in [0.5, 0.6) is 0 Å². The first-order valence-electron chi connectivity index (χ1n) is 7.53. The van der Waals surface area contributed by atoms with Gasteiger partial charge in [0.05, 0.1) is 11.4 Å². The molecule has 0 fully saturated rings. The summed E-state index contributed by atoms with van der Waals surface area (Å²) in [6, 6.07) is 5.32. The van der Waals surface area contributed by atoms with Crippen molar-refractivity contribution < 1.29 is 17.9 Å². The van der Waals surface area contributed by atoms with Gasteiger partial charge in [-0.15, -0.1) is 11.3 Å². The third-order valence-corrected chi connectivity index (χ3v) is 5.62. The zero-order valence-electron chi connectivity index (χ0n) is 13.9. The Hall–Kier alpha value is -1.94. The van der Waals surface area contributed by atoms with Gasteiger partial charge >= 0.3 is 5.97 Å². The fourth-order valence-electron chi connectivity index (χ4n) is 2.02. The van der Waals surface area contributed by atoms with Gasteiger partial charge < -0.3 is 10.5 Å². The maximum absolute atomic E-state index is 12.2. The van der Waals surface area contributed by atoms with E-state index in [9.17, 15) is 13.2 Å². The van der Waals surface area contributed by atoms with Crippen LogP contribution in [0.3, 0.4) is 0 Å². The summed E-state index contributed by atoms with van der Waals surface area (Å²) in [5.41, 5.74) is 7.67. The van der Waals surface area contributed by atoms with Gasteiger partial charge in [0.1, 0.15) is 6.61 Å². The molecule has 0 amide bonds. The number of hydrogen-bond donors (Lipinski definition) is 2. The van der Waals surface area contributed by atoms with Crippen LogP contribution >= 0.6 is 22.9 Å². The third-order valence-electron chi connectivity index (χ3n) is 3.19. The number of thiazole rings is 1. The van der Waals surface area contributed by atoms with E-state index in [-0.39, 0.29) is 24.0 Å².